The van der Waals surface area contributed by atoms with E-state index >= 15 is 0 Å². The second-order valence-corrected chi connectivity index (χ2v) is 7.47. The van der Waals surface area contributed by atoms with Gasteiger partial charge in [0.15, 0.2) is 0 Å². The van der Waals surface area contributed by atoms with Crippen LogP contribution in [0, 0.1) is 0 Å². The highest BCUT2D eigenvalue weighted by molar-refractivity contribution is 7.19. The molecule has 1 aliphatic heterocycles. The molecule has 0 spiro atoms. The van der Waals surface area contributed by atoms with Gasteiger partial charge in [0.1, 0.15) is 10.6 Å². The van der Waals surface area contributed by atoms with Gasteiger partial charge in [-0.3, -0.25) is 4.90 Å². The third-order valence-electron chi connectivity index (χ3n) is 4.51. The number of nitrogens with zero attached hydrogens (tertiary/aromatic N) is 7. The molecule has 3 aromatic heterocycles. The molecule has 0 radical (unpaired) electrons. The molecule has 4 rings (SSSR count). The topological polar surface area (TPSA) is 74.5 Å². The van der Waals surface area contributed by atoms with Crippen molar-refractivity contribution in [2.45, 2.75) is 19.9 Å². The second-order valence-electron chi connectivity index (χ2n) is 6.38. The molecule has 24 heavy (non-hydrogen) atoms. The normalized spacial score (nSPS) is 15.5. The first kappa shape index (κ1) is 15.7. The lowest BCUT2D eigenvalue weighted by molar-refractivity contribution is 0.272. The van der Waals surface area contributed by atoms with E-state index in [0.29, 0.717) is 5.78 Å². The highest BCUT2D eigenvalue weighted by Crippen LogP contribution is 2.38. The average molecular weight is 346 g/mol. The molecular weight excluding hydrogens is 324 g/mol. The summed E-state index contributed by atoms with van der Waals surface area (Å²) in [7, 11) is 4.14. The Morgan fingerprint density at radius 2 is 2.21 bits per heavy atom. The lowest BCUT2D eigenvalue weighted by Crippen LogP contribution is -2.29. The van der Waals surface area contributed by atoms with Gasteiger partial charge in [-0.15, -0.1) is 11.3 Å². The predicted molar refractivity (Wildman–Crippen MR) is 95.7 cm³/mol. The third-order valence-corrected chi connectivity index (χ3v) is 5.70. The van der Waals surface area contributed by atoms with Gasteiger partial charge in [0, 0.05) is 31.1 Å². The van der Waals surface area contributed by atoms with Crippen molar-refractivity contribution in [2.75, 3.05) is 45.6 Å². The molecule has 0 fully saturated rings. The summed E-state index contributed by atoms with van der Waals surface area (Å²) >= 11 is 1.80. The van der Waals surface area contributed by atoms with Crippen LogP contribution in [0.2, 0.25) is 0 Å². The zero-order valence-electron chi connectivity index (χ0n) is 14.3. The molecule has 0 aliphatic carbocycles. The Morgan fingerprint density at radius 1 is 1.33 bits per heavy atom. The zero-order valence-corrected chi connectivity index (χ0v) is 15.1. The van der Waals surface area contributed by atoms with Crippen molar-refractivity contribution in [1.29, 1.82) is 0 Å². The zero-order chi connectivity index (χ0) is 16.7. The number of aromatic nitrogens is 5. The Balaban J connectivity index is 1.82. The number of nitrogens with one attached hydrogen (secondary N) is 1. The summed E-state index contributed by atoms with van der Waals surface area (Å²) in [6, 6.07) is 0. The quantitative estimate of drug-likeness (QED) is 0.741. The van der Waals surface area contributed by atoms with Crippen molar-refractivity contribution in [3.05, 3.63) is 10.4 Å². The Bertz CT molecular complexity index is 867. The van der Waals surface area contributed by atoms with E-state index in [0.717, 1.165) is 49.8 Å². The third kappa shape index (κ3) is 2.62. The fourth-order valence-electron chi connectivity index (χ4n) is 3.17. The molecular formula is C15H22N8S. The average Bonchev–Trinajstić information content (AvgIpc) is 3.17. The first-order valence-electron chi connectivity index (χ1n) is 8.30. The SMILES string of the molecule is CCN1CCc2c(sc3c2c(NCCN(C)C)nc2nnnn23)C1. The van der Waals surface area contributed by atoms with Gasteiger partial charge in [0.05, 0.1) is 5.39 Å². The summed E-state index contributed by atoms with van der Waals surface area (Å²) in [5, 5.41) is 16.7. The van der Waals surface area contributed by atoms with E-state index in [1.54, 1.807) is 15.9 Å². The molecule has 1 N–H and O–H groups in total. The predicted octanol–water partition coefficient (Wildman–Crippen LogP) is 1.09. The monoisotopic (exact) mass is 346 g/mol. The van der Waals surface area contributed by atoms with E-state index in [9.17, 15) is 0 Å². The number of tetrazole rings is 1. The minimum atomic E-state index is 0.556. The van der Waals surface area contributed by atoms with Crippen molar-refractivity contribution < 1.29 is 0 Å². The summed E-state index contributed by atoms with van der Waals surface area (Å²) in [5.74, 6) is 1.47. The number of fused-ring (bicyclic) bond motifs is 5. The molecule has 8 nitrogen and oxygen atoms in total. The van der Waals surface area contributed by atoms with Crippen LogP contribution >= 0.6 is 11.3 Å². The Morgan fingerprint density at radius 3 is 3.00 bits per heavy atom. The molecule has 0 amide bonds. The number of hydrogen-bond acceptors (Lipinski definition) is 8. The van der Waals surface area contributed by atoms with E-state index < -0.39 is 0 Å². The number of anilines is 1. The molecule has 0 saturated carbocycles. The van der Waals surface area contributed by atoms with Crippen LogP contribution in [0.15, 0.2) is 0 Å². The molecule has 128 valence electrons. The van der Waals surface area contributed by atoms with Crippen LogP contribution in [-0.2, 0) is 13.0 Å². The Hall–Kier alpha value is -1.84. The standard InChI is InChI=1S/C15H22N8S/c1-4-22-7-5-10-11(9-22)24-14-12(10)13(16-6-8-21(2)3)17-15-18-19-20-23(14)15/h4-9H2,1-3H3,(H,16,17,18,20). The second kappa shape index (κ2) is 6.23. The molecule has 3 aromatic rings. The van der Waals surface area contributed by atoms with Crippen LogP contribution in [0.1, 0.15) is 17.4 Å². The summed E-state index contributed by atoms with van der Waals surface area (Å²) in [4.78, 5) is 11.8. The fourth-order valence-corrected chi connectivity index (χ4v) is 4.50. The largest absolute Gasteiger partial charge is 0.368 e. The molecule has 9 heteroatoms. The van der Waals surface area contributed by atoms with Crippen molar-refractivity contribution in [1.82, 2.24) is 34.8 Å². The van der Waals surface area contributed by atoms with Crippen LogP contribution in [-0.4, -0.2) is 75.1 Å². The van der Waals surface area contributed by atoms with Crippen molar-refractivity contribution in [3.8, 4) is 0 Å². The Labute approximate surface area is 144 Å². The number of thiophene rings is 1. The van der Waals surface area contributed by atoms with Crippen LogP contribution in [0.5, 0.6) is 0 Å². The van der Waals surface area contributed by atoms with E-state index in [1.165, 1.54) is 15.8 Å². The maximum atomic E-state index is 4.67. The lowest BCUT2D eigenvalue weighted by Gasteiger charge is -2.25. The summed E-state index contributed by atoms with van der Waals surface area (Å²) in [6.07, 6.45) is 1.06. The van der Waals surface area contributed by atoms with Gasteiger partial charge in [-0.25, -0.2) is 0 Å². The summed E-state index contributed by atoms with van der Waals surface area (Å²) < 4.78 is 1.77. The number of rotatable bonds is 5. The van der Waals surface area contributed by atoms with Crippen LogP contribution in [0.3, 0.4) is 0 Å². The van der Waals surface area contributed by atoms with Crippen molar-refractivity contribution >= 4 is 33.1 Å². The fraction of sp³-hybridized carbons (Fsp3) is 0.600. The molecule has 0 atom stereocenters. The minimum Gasteiger partial charge on any atom is -0.368 e. The summed E-state index contributed by atoms with van der Waals surface area (Å²) in [5.41, 5.74) is 1.41. The molecule has 0 saturated heterocycles. The molecule has 1 aliphatic rings. The van der Waals surface area contributed by atoms with Crippen LogP contribution < -0.4 is 5.32 Å². The number of hydrogen-bond donors (Lipinski definition) is 1. The first-order valence-corrected chi connectivity index (χ1v) is 9.12. The van der Waals surface area contributed by atoms with Gasteiger partial charge in [-0.1, -0.05) is 12.0 Å². The first-order chi connectivity index (χ1) is 11.7. The van der Waals surface area contributed by atoms with Crippen molar-refractivity contribution in [3.63, 3.8) is 0 Å². The smallest absolute Gasteiger partial charge is 0.276 e. The van der Waals surface area contributed by atoms with Crippen molar-refractivity contribution in [2.24, 2.45) is 0 Å². The van der Waals surface area contributed by atoms with E-state index in [1.807, 2.05) is 0 Å². The number of likely N-dealkylation sites (N-methyl/N-ethyl adjacent to an activating group) is 2. The maximum absolute atomic E-state index is 4.67. The molecule has 0 bridgehead atoms. The van der Waals surface area contributed by atoms with Gasteiger partial charge in [0.2, 0.25) is 0 Å². The van der Waals surface area contributed by atoms with Gasteiger partial charge >= 0.3 is 0 Å². The maximum Gasteiger partial charge on any atom is 0.276 e. The van der Waals surface area contributed by atoms with Crippen LogP contribution in [0.4, 0.5) is 5.82 Å². The highest BCUT2D eigenvalue weighted by atomic mass is 32.1. The molecule has 0 aromatic carbocycles. The van der Waals surface area contributed by atoms with E-state index in [2.05, 4.69) is 56.6 Å². The van der Waals surface area contributed by atoms with E-state index in [4.69, 9.17) is 0 Å². The van der Waals surface area contributed by atoms with Gasteiger partial charge in [-0.2, -0.15) is 9.50 Å². The highest BCUT2D eigenvalue weighted by Gasteiger charge is 2.25. The molecule has 4 heterocycles. The summed E-state index contributed by atoms with van der Waals surface area (Å²) in [6.45, 7) is 7.20. The van der Waals surface area contributed by atoms with Gasteiger partial charge < -0.3 is 10.2 Å². The van der Waals surface area contributed by atoms with Crippen LogP contribution in [0.25, 0.3) is 16.0 Å². The molecule has 0 unspecified atom stereocenters. The Kier molecular flexibility index (Phi) is 4.07. The van der Waals surface area contributed by atoms with Gasteiger partial charge in [-0.05, 0) is 43.1 Å². The lowest BCUT2D eigenvalue weighted by atomic mass is 10.1. The van der Waals surface area contributed by atoms with Gasteiger partial charge in [0.25, 0.3) is 5.78 Å². The minimum absolute atomic E-state index is 0.556. The van der Waals surface area contributed by atoms with E-state index in [-0.39, 0.29) is 0 Å².